The molecule has 0 aliphatic heterocycles. The summed E-state index contributed by atoms with van der Waals surface area (Å²) in [6.07, 6.45) is 1.50. The summed E-state index contributed by atoms with van der Waals surface area (Å²) in [5, 5.41) is 0. The summed E-state index contributed by atoms with van der Waals surface area (Å²) < 4.78 is 0. The van der Waals surface area contributed by atoms with E-state index < -0.39 is 0 Å². The molecule has 0 aromatic heterocycles. The fourth-order valence-corrected chi connectivity index (χ4v) is 0. The summed E-state index contributed by atoms with van der Waals surface area (Å²) in [6, 6.07) is 0. The van der Waals surface area contributed by atoms with Gasteiger partial charge in [0.25, 0.3) is 0 Å². The topological polar surface area (TPSA) is 259 Å². The number of rotatable bonds is 0. The molecule has 12 nitrogen and oxygen atoms in total. The zero-order valence-corrected chi connectivity index (χ0v) is 13.1. The Bertz CT molecular complexity index is 147. The van der Waals surface area contributed by atoms with Crippen molar-refractivity contribution in [1.29, 1.82) is 0 Å². The third kappa shape index (κ3) is 1050. The number of hydrogen-bond acceptors (Lipinski definition) is 6. The van der Waals surface area contributed by atoms with Crippen LogP contribution < -0.4 is 34.4 Å². The number of hydrogen-bond donors (Lipinski definition) is 6. The molecule has 0 aliphatic rings. The average Bonchev–Trinajstić information content (AvgIpc) is 2.35. The Morgan fingerprint density at radius 3 is 0.476 bits per heavy atom. The van der Waals surface area contributed by atoms with E-state index in [4.69, 9.17) is 49.0 Å². The first-order chi connectivity index (χ1) is 9.90. The van der Waals surface area contributed by atoms with Gasteiger partial charge in [-0.25, -0.2) is 0 Å². The van der Waals surface area contributed by atoms with Crippen LogP contribution in [0.15, 0.2) is 0 Å². The fourth-order valence-electron chi connectivity index (χ4n) is 0. The van der Waals surface area contributed by atoms with Crippen LogP contribution in [0, 0.1) is 0 Å². The normalized spacial score (nSPS) is 4.48. The molecule has 0 saturated carbocycles. The van der Waals surface area contributed by atoms with E-state index in [9.17, 15) is 0 Å². The third-order valence-electron chi connectivity index (χ3n) is 0. The van der Waals surface area contributed by atoms with Gasteiger partial charge in [-0.15, -0.1) is 0 Å². The summed E-state index contributed by atoms with van der Waals surface area (Å²) in [5.74, 6) is 0. The summed E-state index contributed by atoms with van der Waals surface area (Å²) in [6.45, 7) is 0. The van der Waals surface area contributed by atoms with Crippen LogP contribution in [0.5, 0.6) is 0 Å². The Morgan fingerprint density at radius 2 is 0.476 bits per heavy atom. The molecule has 0 heterocycles. The van der Waals surface area contributed by atoms with Crippen LogP contribution in [0.25, 0.3) is 0 Å². The van der Waals surface area contributed by atoms with Crippen molar-refractivity contribution in [2.75, 3.05) is 0 Å². The summed E-state index contributed by atoms with van der Waals surface area (Å²) in [5.41, 5.74) is 25.0. The number of primary amides is 6. The van der Waals surface area contributed by atoms with Gasteiger partial charge < -0.3 is 34.4 Å². The summed E-state index contributed by atoms with van der Waals surface area (Å²) in [4.78, 5) is 51.5. The molecule has 6 amide bonds. The van der Waals surface area contributed by atoms with Crippen LogP contribution >= 0.6 is 20.2 Å². The molecule has 0 unspecified atom stereocenters. The van der Waals surface area contributed by atoms with Gasteiger partial charge in [-0.3, -0.25) is 28.8 Å². The van der Waals surface area contributed by atoms with Crippen LogP contribution in [0.3, 0.4) is 0 Å². The van der Waals surface area contributed by atoms with E-state index in [0.717, 1.165) is 0 Å². The minimum absolute atomic E-state index is 0.194. The predicted octanol–water partition coefficient (Wildman–Crippen LogP) is -4.01. The molecule has 15 heteroatoms. The van der Waals surface area contributed by atoms with Crippen LogP contribution in [0.4, 0.5) is 0 Å². The second-order valence-electron chi connectivity index (χ2n) is 0.867. The molecule has 0 atom stereocenters. The van der Waals surface area contributed by atoms with Crippen molar-refractivity contribution in [3.8, 4) is 0 Å². The van der Waals surface area contributed by atoms with Crippen LogP contribution in [-0.2, 0) is 41.9 Å². The Kier molecular flexibility index (Phi) is 432. The number of carbonyl (C=O) groups excluding carboxylic acids is 6. The van der Waals surface area contributed by atoms with Gasteiger partial charge in [-0.2, -0.15) is 0 Å². The standard InChI is InChI=1S/6CH3NO.2ClH.Fe/c6*2-1-3;;;/h6*1H,(H2,2,3);2*1H;/q;;;;;;;;+2/p-2. The quantitative estimate of drug-likeness (QED) is 0.175. The molecule has 0 aromatic carbocycles. The van der Waals surface area contributed by atoms with Gasteiger partial charge in [-0.1, -0.05) is 0 Å². The SMILES string of the molecule is NC=O.NC=O.NC=O.NC=O.NC=O.NC=O.[Cl][Fe][Cl]. The van der Waals surface area contributed by atoms with Gasteiger partial charge in [0, 0.05) is 0 Å². The van der Waals surface area contributed by atoms with Gasteiger partial charge >= 0.3 is 33.3 Å². The Morgan fingerprint density at radius 1 is 0.476 bits per heavy atom. The van der Waals surface area contributed by atoms with Crippen LogP contribution in [0.2, 0.25) is 0 Å². The van der Waals surface area contributed by atoms with E-state index >= 15 is 0 Å². The molecule has 0 aliphatic carbocycles. The number of amides is 6. The number of carbonyl (C=O) groups is 6. The van der Waals surface area contributed by atoms with Crippen molar-refractivity contribution in [2.24, 2.45) is 34.4 Å². The molecule has 0 spiro atoms. The molecular formula is C6H18Cl2FeN6O6. The second-order valence-corrected chi connectivity index (χ2v) is 2.69. The maximum atomic E-state index is 8.58. The number of halogens is 2. The van der Waals surface area contributed by atoms with Crippen molar-refractivity contribution in [1.82, 2.24) is 0 Å². The minimum atomic E-state index is 0.194. The van der Waals surface area contributed by atoms with Crippen molar-refractivity contribution in [3.05, 3.63) is 0 Å². The van der Waals surface area contributed by atoms with Gasteiger partial charge in [-0.05, 0) is 0 Å². The molecule has 21 heavy (non-hydrogen) atoms. The maximum absolute atomic E-state index is 8.58. The Balaban J connectivity index is -0.0000000218. The molecular weight excluding hydrogens is 379 g/mol. The van der Waals surface area contributed by atoms with E-state index in [0.29, 0.717) is 0 Å². The molecule has 0 aromatic rings. The van der Waals surface area contributed by atoms with Crippen molar-refractivity contribution >= 4 is 58.7 Å². The predicted molar refractivity (Wildman–Crippen MR) is 73.2 cm³/mol. The van der Waals surface area contributed by atoms with E-state index in [1.165, 1.54) is 0 Å². The zero-order valence-electron chi connectivity index (χ0n) is 10.5. The van der Waals surface area contributed by atoms with Gasteiger partial charge in [0.15, 0.2) is 0 Å². The molecule has 0 radical (unpaired) electrons. The first-order valence-corrected chi connectivity index (χ1v) is 6.72. The fraction of sp³-hybridized carbons (Fsp3) is 0. The van der Waals surface area contributed by atoms with Crippen molar-refractivity contribution < 1.29 is 41.9 Å². The van der Waals surface area contributed by atoms with Gasteiger partial charge in [0.2, 0.25) is 38.5 Å². The molecule has 0 saturated heterocycles. The second kappa shape index (κ2) is 212. The van der Waals surface area contributed by atoms with E-state index in [2.05, 4.69) is 34.4 Å². The summed E-state index contributed by atoms with van der Waals surface area (Å²) in [7, 11) is 9.53. The van der Waals surface area contributed by atoms with E-state index in [1.807, 2.05) is 0 Å². The molecule has 0 rings (SSSR count). The third-order valence-corrected chi connectivity index (χ3v) is 0. The first kappa shape index (κ1) is 42.8. The monoisotopic (exact) mass is 396 g/mol. The van der Waals surface area contributed by atoms with E-state index in [1.54, 1.807) is 0 Å². The van der Waals surface area contributed by atoms with Gasteiger partial charge in [0.1, 0.15) is 0 Å². The first-order valence-electron chi connectivity index (χ1n) is 3.68. The zero-order chi connectivity index (χ0) is 18.9. The molecule has 12 N–H and O–H groups in total. The van der Waals surface area contributed by atoms with Crippen LogP contribution in [-0.4, -0.2) is 38.5 Å². The van der Waals surface area contributed by atoms with Crippen LogP contribution in [0.1, 0.15) is 0 Å². The van der Waals surface area contributed by atoms with Crippen molar-refractivity contribution in [3.63, 3.8) is 0 Å². The van der Waals surface area contributed by atoms with Crippen molar-refractivity contribution in [2.45, 2.75) is 0 Å². The average molecular weight is 397 g/mol. The van der Waals surface area contributed by atoms with Gasteiger partial charge in [0.05, 0.1) is 0 Å². The molecule has 130 valence electrons. The summed E-state index contributed by atoms with van der Waals surface area (Å²) >= 11 is 0.194. The number of nitrogens with two attached hydrogens (primary N) is 6. The molecule has 0 fully saturated rings. The Labute approximate surface area is 135 Å². The Hall–Kier alpha value is -2.08. The van der Waals surface area contributed by atoms with E-state index in [-0.39, 0.29) is 51.6 Å². The molecule has 0 bridgehead atoms.